The predicted octanol–water partition coefficient (Wildman–Crippen LogP) is 1.18. The Kier molecular flexibility index (Phi) is 4.92. The number of nitrogens with zero attached hydrogens (tertiary/aromatic N) is 1. The maximum Gasteiger partial charge on any atom is 0.241 e. The monoisotopic (exact) mass is 282 g/mol. The number of carbonyl (C=O) groups excluding carboxylic acids is 1. The average molecular weight is 282 g/mol. The molecule has 6 heteroatoms. The molecule has 0 aromatic heterocycles. The smallest absolute Gasteiger partial charge is 0.241 e. The van der Waals surface area contributed by atoms with Crippen LogP contribution in [0, 0.1) is 5.82 Å². The van der Waals surface area contributed by atoms with E-state index >= 15 is 0 Å². The van der Waals surface area contributed by atoms with E-state index in [4.69, 9.17) is 9.47 Å². The highest BCUT2D eigenvalue weighted by atomic mass is 19.1. The zero-order chi connectivity index (χ0) is 14.5. The van der Waals surface area contributed by atoms with Crippen LogP contribution in [0.15, 0.2) is 18.2 Å². The lowest BCUT2D eigenvalue weighted by molar-refractivity contribution is -0.118. The molecule has 2 rings (SSSR count). The van der Waals surface area contributed by atoms with Gasteiger partial charge < -0.3 is 19.7 Å². The molecule has 0 saturated carbocycles. The normalized spacial score (nSPS) is 17.6. The van der Waals surface area contributed by atoms with Gasteiger partial charge in [0, 0.05) is 19.7 Å². The molecule has 0 radical (unpaired) electrons. The molecule has 1 amide bonds. The number of hydrogen-bond acceptors (Lipinski definition) is 4. The fourth-order valence-corrected chi connectivity index (χ4v) is 2.12. The van der Waals surface area contributed by atoms with Crippen molar-refractivity contribution in [2.24, 2.45) is 0 Å². The van der Waals surface area contributed by atoms with Crippen LogP contribution >= 0.6 is 0 Å². The minimum atomic E-state index is -0.372. The van der Waals surface area contributed by atoms with Crippen molar-refractivity contribution in [1.29, 1.82) is 0 Å². The summed E-state index contributed by atoms with van der Waals surface area (Å²) < 4.78 is 23.7. The van der Waals surface area contributed by atoms with Crippen molar-refractivity contribution >= 4 is 11.6 Å². The van der Waals surface area contributed by atoms with Crippen LogP contribution in [0.5, 0.6) is 5.75 Å². The molecule has 0 saturated heterocycles. The van der Waals surface area contributed by atoms with Crippen LogP contribution in [-0.4, -0.2) is 45.4 Å². The number of hydrogen-bond donors (Lipinski definition) is 1. The number of benzene rings is 1. The van der Waals surface area contributed by atoms with Gasteiger partial charge in [-0.15, -0.1) is 0 Å². The fourth-order valence-electron chi connectivity index (χ4n) is 2.12. The third kappa shape index (κ3) is 3.46. The van der Waals surface area contributed by atoms with Gasteiger partial charge in [-0.3, -0.25) is 4.79 Å². The van der Waals surface area contributed by atoms with Gasteiger partial charge in [-0.05, 0) is 19.1 Å². The van der Waals surface area contributed by atoms with E-state index in [-0.39, 0.29) is 24.4 Å². The van der Waals surface area contributed by atoms with Crippen LogP contribution in [0.1, 0.15) is 6.92 Å². The summed E-state index contributed by atoms with van der Waals surface area (Å²) in [6.45, 7) is 3.69. The number of methoxy groups -OCH3 is 1. The lowest BCUT2D eigenvalue weighted by Crippen LogP contribution is -2.46. The minimum absolute atomic E-state index is 0.0656. The first-order valence-electron chi connectivity index (χ1n) is 6.58. The van der Waals surface area contributed by atoms with Gasteiger partial charge in [-0.25, -0.2) is 4.39 Å². The summed E-state index contributed by atoms with van der Waals surface area (Å²) in [4.78, 5) is 13.9. The summed E-state index contributed by atoms with van der Waals surface area (Å²) in [5.74, 6) is -0.0263. The number of ether oxygens (including phenoxy) is 2. The summed E-state index contributed by atoms with van der Waals surface area (Å²) in [5, 5.41) is 3.01. The number of rotatable bonds is 5. The third-order valence-electron chi connectivity index (χ3n) is 3.04. The molecular weight excluding hydrogens is 263 g/mol. The van der Waals surface area contributed by atoms with E-state index < -0.39 is 0 Å². The molecule has 1 aromatic rings. The highest BCUT2D eigenvalue weighted by molar-refractivity contribution is 5.96. The molecule has 110 valence electrons. The van der Waals surface area contributed by atoms with E-state index in [1.807, 2.05) is 6.92 Å². The summed E-state index contributed by atoms with van der Waals surface area (Å²) >= 11 is 0. The Bertz CT molecular complexity index is 481. The number of anilines is 1. The van der Waals surface area contributed by atoms with Crippen LogP contribution in [0.2, 0.25) is 0 Å². The van der Waals surface area contributed by atoms with Gasteiger partial charge in [0.25, 0.3) is 0 Å². The second-order valence-corrected chi connectivity index (χ2v) is 4.71. The van der Waals surface area contributed by atoms with Gasteiger partial charge in [0.15, 0.2) is 0 Å². The SMILES string of the molecule is COCCNCC(=O)N1C[C@H](C)Oc2cc(F)ccc21. The quantitative estimate of drug-likeness (QED) is 0.824. The van der Waals surface area contributed by atoms with Crippen molar-refractivity contribution in [2.75, 3.05) is 38.3 Å². The Morgan fingerprint density at radius 2 is 2.40 bits per heavy atom. The lowest BCUT2D eigenvalue weighted by atomic mass is 10.2. The molecule has 1 aromatic carbocycles. The molecular formula is C14H19FN2O3. The van der Waals surface area contributed by atoms with E-state index in [9.17, 15) is 9.18 Å². The largest absolute Gasteiger partial charge is 0.487 e. The Labute approximate surface area is 117 Å². The molecule has 0 aliphatic carbocycles. The maximum absolute atomic E-state index is 13.2. The van der Waals surface area contributed by atoms with Crippen molar-refractivity contribution in [1.82, 2.24) is 5.32 Å². The topological polar surface area (TPSA) is 50.8 Å². The second-order valence-electron chi connectivity index (χ2n) is 4.71. The molecule has 0 fully saturated rings. The van der Waals surface area contributed by atoms with Crippen molar-refractivity contribution in [3.63, 3.8) is 0 Å². The van der Waals surface area contributed by atoms with Crippen molar-refractivity contribution in [3.8, 4) is 5.75 Å². The fraction of sp³-hybridized carbons (Fsp3) is 0.500. The Hall–Kier alpha value is -1.66. The minimum Gasteiger partial charge on any atom is -0.487 e. The Morgan fingerprint density at radius 1 is 1.60 bits per heavy atom. The van der Waals surface area contributed by atoms with Crippen LogP contribution < -0.4 is 15.0 Å². The van der Waals surface area contributed by atoms with Crippen molar-refractivity contribution < 1.29 is 18.7 Å². The first kappa shape index (κ1) is 14.7. The van der Waals surface area contributed by atoms with E-state index in [0.717, 1.165) is 0 Å². The molecule has 5 nitrogen and oxygen atoms in total. The van der Waals surface area contributed by atoms with Gasteiger partial charge in [0.05, 0.1) is 25.4 Å². The predicted molar refractivity (Wildman–Crippen MR) is 73.6 cm³/mol. The van der Waals surface area contributed by atoms with Gasteiger partial charge in [-0.2, -0.15) is 0 Å². The van der Waals surface area contributed by atoms with E-state index in [1.165, 1.54) is 12.1 Å². The zero-order valence-corrected chi connectivity index (χ0v) is 11.7. The molecule has 1 atom stereocenters. The summed E-state index contributed by atoms with van der Waals surface area (Å²) in [7, 11) is 1.61. The maximum atomic E-state index is 13.2. The third-order valence-corrected chi connectivity index (χ3v) is 3.04. The molecule has 1 aliphatic rings. The van der Waals surface area contributed by atoms with Gasteiger partial charge in [0.1, 0.15) is 17.7 Å². The second kappa shape index (κ2) is 6.67. The van der Waals surface area contributed by atoms with Gasteiger partial charge >= 0.3 is 0 Å². The summed E-state index contributed by atoms with van der Waals surface area (Å²) in [5.41, 5.74) is 0.614. The molecule has 1 N–H and O–H groups in total. The van der Waals surface area contributed by atoms with Crippen LogP contribution in [0.25, 0.3) is 0 Å². The highest BCUT2D eigenvalue weighted by Gasteiger charge is 2.27. The number of carbonyl (C=O) groups is 1. The van der Waals surface area contributed by atoms with Crippen molar-refractivity contribution in [2.45, 2.75) is 13.0 Å². The van der Waals surface area contributed by atoms with Crippen LogP contribution in [0.3, 0.4) is 0 Å². The van der Waals surface area contributed by atoms with E-state index in [2.05, 4.69) is 5.32 Å². The molecule has 1 heterocycles. The lowest BCUT2D eigenvalue weighted by Gasteiger charge is -2.33. The van der Waals surface area contributed by atoms with E-state index in [1.54, 1.807) is 18.1 Å². The molecule has 20 heavy (non-hydrogen) atoms. The molecule has 0 unspecified atom stereocenters. The number of nitrogens with one attached hydrogen (secondary N) is 1. The standard InChI is InChI=1S/C14H19FN2O3/c1-10-9-17(14(18)8-16-5-6-19-2)12-4-3-11(15)7-13(12)20-10/h3-4,7,10,16H,5-6,8-9H2,1-2H3/t10-/m0/s1. The number of halogens is 1. The summed E-state index contributed by atoms with van der Waals surface area (Å²) in [6, 6.07) is 4.21. The first-order valence-corrected chi connectivity index (χ1v) is 6.58. The van der Waals surface area contributed by atoms with Crippen molar-refractivity contribution in [3.05, 3.63) is 24.0 Å². The zero-order valence-electron chi connectivity index (χ0n) is 11.7. The van der Waals surface area contributed by atoms with Gasteiger partial charge in [-0.1, -0.05) is 0 Å². The average Bonchev–Trinajstić information content (AvgIpc) is 2.42. The van der Waals surface area contributed by atoms with Crippen LogP contribution in [0.4, 0.5) is 10.1 Å². The number of fused-ring (bicyclic) bond motifs is 1. The number of amides is 1. The van der Waals surface area contributed by atoms with Crippen LogP contribution in [-0.2, 0) is 9.53 Å². The van der Waals surface area contributed by atoms with E-state index in [0.29, 0.717) is 31.1 Å². The molecule has 0 bridgehead atoms. The highest BCUT2D eigenvalue weighted by Crippen LogP contribution is 2.33. The van der Waals surface area contributed by atoms with Gasteiger partial charge in [0.2, 0.25) is 5.91 Å². The summed E-state index contributed by atoms with van der Waals surface area (Å²) in [6.07, 6.45) is -0.160. The molecule has 0 spiro atoms. The Balaban J connectivity index is 2.06. The Morgan fingerprint density at radius 3 is 3.15 bits per heavy atom. The first-order chi connectivity index (χ1) is 9.61. The molecule has 1 aliphatic heterocycles.